The minimum Gasteiger partial charge on any atom is -0.426 e. The van der Waals surface area contributed by atoms with E-state index in [2.05, 4.69) is 9.97 Å². The number of hydrogen-bond donors (Lipinski definition) is 0. The molecule has 2 aromatic rings. The lowest BCUT2D eigenvalue weighted by molar-refractivity contribution is 0.563. The van der Waals surface area contributed by atoms with Crippen LogP contribution in [0.15, 0.2) is 21.7 Å². The third-order valence-electron chi connectivity index (χ3n) is 1.86. The van der Waals surface area contributed by atoms with Crippen LogP contribution in [-0.4, -0.2) is 9.97 Å². The Balaban J connectivity index is 3.03. The number of aryl methyl sites for hydroxylation is 2. The smallest absolute Gasteiger partial charge is 0.285 e. The Bertz CT molecular complexity index is 516. The first-order valence-corrected chi connectivity index (χ1v) is 3.90. The third kappa shape index (κ3) is 1.20. The summed E-state index contributed by atoms with van der Waals surface area (Å²) in [5.41, 5.74) is 1.76. The Morgan fingerprint density at radius 1 is 1.38 bits per heavy atom. The summed E-state index contributed by atoms with van der Waals surface area (Å²) in [6.45, 7) is 3.70. The van der Waals surface area contributed by atoms with Crippen molar-refractivity contribution in [3.05, 3.63) is 34.1 Å². The molecule has 0 amide bonds. The second-order valence-electron chi connectivity index (χ2n) is 2.92. The first-order valence-electron chi connectivity index (χ1n) is 3.90. The first-order chi connectivity index (χ1) is 6.18. The monoisotopic (exact) mass is 176 g/mol. The van der Waals surface area contributed by atoms with Gasteiger partial charge in [-0.3, -0.25) is 4.79 Å². The molecule has 0 unspecified atom stereocenters. The number of hydrogen-bond acceptors (Lipinski definition) is 4. The van der Waals surface area contributed by atoms with Gasteiger partial charge in [-0.05, 0) is 25.5 Å². The van der Waals surface area contributed by atoms with Gasteiger partial charge in [0.1, 0.15) is 5.39 Å². The van der Waals surface area contributed by atoms with Gasteiger partial charge in [0.15, 0.2) is 6.39 Å². The molecule has 0 fully saturated rings. The Morgan fingerprint density at radius 2 is 2.15 bits per heavy atom. The molecule has 13 heavy (non-hydrogen) atoms. The predicted molar refractivity (Wildman–Crippen MR) is 47.5 cm³/mol. The standard InChI is InChI=1S/C9H8N2O2/c1-5-3-6(2)11-9-7(5)8(12)10-4-13-9/h3-4H,1-2H3. The van der Waals surface area contributed by atoms with E-state index >= 15 is 0 Å². The molecule has 0 atom stereocenters. The molecule has 0 aliphatic rings. The van der Waals surface area contributed by atoms with Gasteiger partial charge in [0, 0.05) is 5.69 Å². The van der Waals surface area contributed by atoms with E-state index in [4.69, 9.17) is 4.42 Å². The number of rotatable bonds is 0. The molecular formula is C9H8N2O2. The average Bonchev–Trinajstić information content (AvgIpc) is 2.02. The second-order valence-corrected chi connectivity index (χ2v) is 2.92. The molecule has 66 valence electrons. The van der Waals surface area contributed by atoms with Gasteiger partial charge < -0.3 is 4.42 Å². The highest BCUT2D eigenvalue weighted by Crippen LogP contribution is 2.11. The van der Waals surface area contributed by atoms with E-state index in [1.807, 2.05) is 19.9 Å². The molecule has 0 saturated heterocycles. The van der Waals surface area contributed by atoms with E-state index < -0.39 is 0 Å². The van der Waals surface area contributed by atoms with E-state index in [9.17, 15) is 4.79 Å². The molecule has 0 spiro atoms. The zero-order valence-corrected chi connectivity index (χ0v) is 7.37. The van der Waals surface area contributed by atoms with Crippen LogP contribution in [0, 0.1) is 13.8 Å². The molecule has 4 nitrogen and oxygen atoms in total. The van der Waals surface area contributed by atoms with Crippen molar-refractivity contribution in [2.24, 2.45) is 0 Å². The maximum Gasteiger partial charge on any atom is 0.285 e. The van der Waals surface area contributed by atoms with Gasteiger partial charge in [-0.15, -0.1) is 0 Å². The van der Waals surface area contributed by atoms with Gasteiger partial charge >= 0.3 is 0 Å². The zero-order valence-electron chi connectivity index (χ0n) is 7.37. The number of pyridine rings is 1. The maximum atomic E-state index is 11.3. The highest BCUT2D eigenvalue weighted by Gasteiger charge is 2.05. The summed E-state index contributed by atoms with van der Waals surface area (Å²) in [6.07, 6.45) is 1.12. The van der Waals surface area contributed by atoms with Gasteiger partial charge in [0.25, 0.3) is 5.56 Å². The summed E-state index contributed by atoms with van der Waals surface area (Å²) >= 11 is 0. The molecule has 2 aromatic heterocycles. The largest absolute Gasteiger partial charge is 0.426 e. The Kier molecular flexibility index (Phi) is 1.62. The van der Waals surface area contributed by atoms with Crippen molar-refractivity contribution in [1.82, 2.24) is 9.97 Å². The summed E-state index contributed by atoms with van der Waals surface area (Å²) < 4.78 is 5.03. The minimum absolute atomic E-state index is 0.286. The van der Waals surface area contributed by atoms with Gasteiger partial charge in [-0.1, -0.05) is 0 Å². The molecule has 0 aliphatic carbocycles. The summed E-state index contributed by atoms with van der Waals surface area (Å²) in [7, 11) is 0. The van der Waals surface area contributed by atoms with E-state index in [-0.39, 0.29) is 5.56 Å². The van der Waals surface area contributed by atoms with Crippen molar-refractivity contribution in [1.29, 1.82) is 0 Å². The quantitative estimate of drug-likeness (QED) is 0.605. The van der Waals surface area contributed by atoms with Crippen molar-refractivity contribution in [3.63, 3.8) is 0 Å². The van der Waals surface area contributed by atoms with E-state index in [1.54, 1.807) is 0 Å². The molecule has 0 bridgehead atoms. The zero-order chi connectivity index (χ0) is 9.42. The van der Waals surface area contributed by atoms with Gasteiger partial charge in [-0.25, -0.2) is 4.98 Å². The normalized spacial score (nSPS) is 10.6. The maximum absolute atomic E-state index is 11.3. The summed E-state index contributed by atoms with van der Waals surface area (Å²) in [4.78, 5) is 18.9. The molecule has 0 radical (unpaired) electrons. The summed E-state index contributed by atoms with van der Waals surface area (Å²) in [6, 6.07) is 1.83. The Hall–Kier alpha value is -1.71. The van der Waals surface area contributed by atoms with E-state index in [1.165, 1.54) is 0 Å². The number of fused-ring (bicyclic) bond motifs is 1. The fourth-order valence-electron chi connectivity index (χ4n) is 1.34. The van der Waals surface area contributed by atoms with Gasteiger partial charge in [-0.2, -0.15) is 4.98 Å². The highest BCUT2D eigenvalue weighted by atomic mass is 16.3. The molecule has 4 heteroatoms. The Morgan fingerprint density at radius 3 is 2.92 bits per heavy atom. The third-order valence-corrected chi connectivity index (χ3v) is 1.86. The lowest BCUT2D eigenvalue weighted by atomic mass is 10.2. The highest BCUT2D eigenvalue weighted by molar-refractivity contribution is 5.75. The van der Waals surface area contributed by atoms with E-state index in [0.717, 1.165) is 17.7 Å². The molecular weight excluding hydrogens is 168 g/mol. The molecule has 0 aromatic carbocycles. The van der Waals surface area contributed by atoms with E-state index in [0.29, 0.717) is 11.1 Å². The van der Waals surface area contributed by atoms with Crippen LogP contribution in [0.5, 0.6) is 0 Å². The van der Waals surface area contributed by atoms with Crippen molar-refractivity contribution in [2.75, 3.05) is 0 Å². The Labute approximate surface area is 74.2 Å². The predicted octanol–water partition coefficient (Wildman–Crippen LogP) is 1.20. The topological polar surface area (TPSA) is 56.0 Å². The molecule has 0 N–H and O–H groups in total. The van der Waals surface area contributed by atoms with Gasteiger partial charge in [0.05, 0.1) is 0 Å². The first kappa shape index (κ1) is 7.91. The van der Waals surface area contributed by atoms with Crippen LogP contribution < -0.4 is 5.56 Å². The van der Waals surface area contributed by atoms with Crippen molar-refractivity contribution >= 4 is 11.1 Å². The van der Waals surface area contributed by atoms with Crippen molar-refractivity contribution in [3.8, 4) is 0 Å². The van der Waals surface area contributed by atoms with Crippen LogP contribution in [0.3, 0.4) is 0 Å². The van der Waals surface area contributed by atoms with Crippen molar-refractivity contribution < 1.29 is 4.42 Å². The lowest BCUT2D eigenvalue weighted by Crippen LogP contribution is -2.07. The fraction of sp³-hybridized carbons (Fsp3) is 0.222. The van der Waals surface area contributed by atoms with Crippen LogP contribution in [0.2, 0.25) is 0 Å². The second kappa shape index (κ2) is 2.65. The average molecular weight is 176 g/mol. The molecule has 0 saturated carbocycles. The van der Waals surface area contributed by atoms with Crippen molar-refractivity contribution in [2.45, 2.75) is 13.8 Å². The van der Waals surface area contributed by atoms with Crippen LogP contribution in [0.25, 0.3) is 11.1 Å². The molecule has 2 heterocycles. The lowest BCUT2D eigenvalue weighted by Gasteiger charge is -1.99. The SMILES string of the molecule is Cc1cc(C)c2c(=O)ncoc2n1. The van der Waals surface area contributed by atoms with Crippen LogP contribution in [0.4, 0.5) is 0 Å². The van der Waals surface area contributed by atoms with Crippen LogP contribution >= 0.6 is 0 Å². The fourth-order valence-corrected chi connectivity index (χ4v) is 1.34. The number of nitrogens with zero attached hydrogens (tertiary/aromatic N) is 2. The molecule has 2 rings (SSSR count). The van der Waals surface area contributed by atoms with Crippen LogP contribution in [0.1, 0.15) is 11.3 Å². The summed E-state index contributed by atoms with van der Waals surface area (Å²) in [5, 5.41) is 0.466. The van der Waals surface area contributed by atoms with Crippen LogP contribution in [-0.2, 0) is 0 Å². The van der Waals surface area contributed by atoms with Gasteiger partial charge in [0.2, 0.25) is 5.71 Å². The summed E-state index contributed by atoms with van der Waals surface area (Å²) in [5.74, 6) is 0. The number of aromatic nitrogens is 2. The minimum atomic E-state index is -0.286. The molecule has 0 aliphatic heterocycles.